The number of aromatic amines is 1. The summed E-state index contributed by atoms with van der Waals surface area (Å²) in [6, 6.07) is 13.1. The molecule has 2 atom stereocenters. The fourth-order valence-corrected chi connectivity index (χ4v) is 3.70. The van der Waals surface area contributed by atoms with Crippen LogP contribution in [0, 0.1) is 11.7 Å². The molecule has 4 heteroatoms. The first-order chi connectivity index (χ1) is 12.3. The lowest BCUT2D eigenvalue weighted by Crippen LogP contribution is -2.20. The number of rotatable bonds is 7. The molecule has 1 aromatic heterocycles. The van der Waals surface area contributed by atoms with E-state index in [1.165, 1.54) is 23.6 Å². The first kappa shape index (κ1) is 16.2. The van der Waals surface area contributed by atoms with E-state index in [0.717, 1.165) is 36.2 Å². The van der Waals surface area contributed by atoms with E-state index >= 15 is 0 Å². The molecule has 25 heavy (non-hydrogen) atoms. The maximum absolute atomic E-state index is 13.5. The van der Waals surface area contributed by atoms with Crippen molar-refractivity contribution < 1.29 is 9.13 Å². The fraction of sp³-hybridized carbons (Fsp3) is 0.333. The molecule has 1 saturated carbocycles. The Kier molecular flexibility index (Phi) is 4.45. The lowest BCUT2D eigenvalue weighted by Gasteiger charge is -2.09. The number of benzene rings is 2. The zero-order valence-corrected chi connectivity index (χ0v) is 14.4. The first-order valence-corrected chi connectivity index (χ1v) is 8.85. The van der Waals surface area contributed by atoms with Crippen molar-refractivity contribution in [2.75, 3.05) is 20.2 Å². The van der Waals surface area contributed by atoms with Gasteiger partial charge >= 0.3 is 0 Å². The molecule has 2 N–H and O–H groups in total. The van der Waals surface area contributed by atoms with E-state index in [4.69, 9.17) is 4.74 Å². The third-order valence-electron chi connectivity index (χ3n) is 5.17. The van der Waals surface area contributed by atoms with Crippen molar-refractivity contribution in [1.29, 1.82) is 0 Å². The van der Waals surface area contributed by atoms with Gasteiger partial charge in [-0.3, -0.25) is 0 Å². The highest BCUT2D eigenvalue weighted by Gasteiger charge is 2.39. The molecule has 0 aliphatic heterocycles. The number of para-hydroxylation sites is 1. The highest BCUT2D eigenvalue weighted by atomic mass is 19.1. The van der Waals surface area contributed by atoms with Crippen molar-refractivity contribution in [2.24, 2.45) is 5.92 Å². The van der Waals surface area contributed by atoms with Gasteiger partial charge in [-0.1, -0.05) is 18.2 Å². The minimum atomic E-state index is -0.166. The second-order valence-corrected chi connectivity index (χ2v) is 6.80. The Labute approximate surface area is 147 Å². The molecule has 0 saturated heterocycles. The zero-order chi connectivity index (χ0) is 17.2. The van der Waals surface area contributed by atoms with Crippen LogP contribution in [0.5, 0.6) is 5.75 Å². The summed E-state index contributed by atoms with van der Waals surface area (Å²) in [5, 5.41) is 4.59. The van der Waals surface area contributed by atoms with E-state index in [0.29, 0.717) is 11.8 Å². The second-order valence-electron chi connectivity index (χ2n) is 6.80. The van der Waals surface area contributed by atoms with Gasteiger partial charge in [0.25, 0.3) is 0 Å². The van der Waals surface area contributed by atoms with Crippen LogP contribution in [0.15, 0.2) is 48.7 Å². The number of methoxy groups -OCH3 is 1. The van der Waals surface area contributed by atoms with Gasteiger partial charge in [0.05, 0.1) is 7.11 Å². The van der Waals surface area contributed by atoms with E-state index in [9.17, 15) is 4.39 Å². The normalized spacial score (nSPS) is 19.3. The van der Waals surface area contributed by atoms with E-state index < -0.39 is 0 Å². The van der Waals surface area contributed by atoms with Gasteiger partial charge in [0.2, 0.25) is 0 Å². The second kappa shape index (κ2) is 6.89. The predicted molar refractivity (Wildman–Crippen MR) is 98.7 cm³/mol. The van der Waals surface area contributed by atoms with Crippen molar-refractivity contribution >= 4 is 10.9 Å². The zero-order valence-electron chi connectivity index (χ0n) is 14.4. The van der Waals surface area contributed by atoms with Crippen LogP contribution in [-0.2, 0) is 6.42 Å². The van der Waals surface area contributed by atoms with Gasteiger partial charge < -0.3 is 15.0 Å². The quantitative estimate of drug-likeness (QED) is 0.632. The Bertz CT molecular complexity index is 873. The van der Waals surface area contributed by atoms with Gasteiger partial charge in [-0.05, 0) is 73.2 Å². The average Bonchev–Trinajstić information content (AvgIpc) is 3.28. The Morgan fingerprint density at radius 1 is 1.24 bits per heavy atom. The lowest BCUT2D eigenvalue weighted by molar-refractivity contribution is 0.409. The Morgan fingerprint density at radius 2 is 2.12 bits per heavy atom. The monoisotopic (exact) mass is 338 g/mol. The molecule has 0 radical (unpaired) electrons. The minimum Gasteiger partial charge on any atom is -0.496 e. The van der Waals surface area contributed by atoms with Gasteiger partial charge in [0, 0.05) is 17.1 Å². The molecule has 2 unspecified atom stereocenters. The number of halogens is 1. The van der Waals surface area contributed by atoms with Crippen LogP contribution in [0.2, 0.25) is 0 Å². The molecule has 1 heterocycles. The highest BCUT2D eigenvalue weighted by molar-refractivity contribution is 5.84. The van der Waals surface area contributed by atoms with E-state index in [-0.39, 0.29) is 5.82 Å². The third-order valence-corrected chi connectivity index (χ3v) is 5.17. The van der Waals surface area contributed by atoms with Gasteiger partial charge in [-0.15, -0.1) is 0 Å². The number of aromatic nitrogens is 1. The molecule has 130 valence electrons. The molecule has 3 nitrogen and oxygen atoms in total. The largest absolute Gasteiger partial charge is 0.496 e. The van der Waals surface area contributed by atoms with Crippen molar-refractivity contribution in [1.82, 2.24) is 10.3 Å². The number of hydrogen-bond acceptors (Lipinski definition) is 2. The molecule has 3 aromatic rings. The minimum absolute atomic E-state index is 0.166. The standard InChI is InChI=1S/C21H23FN2O/c1-25-21-5-3-2-4-14(21)8-9-23-12-15-10-17(15)19-13-24-20-7-6-16(22)11-18(19)20/h2-7,11,13,15,17,23-24H,8-10,12H2,1H3. The molecule has 0 spiro atoms. The number of ether oxygens (including phenoxy) is 1. The summed E-state index contributed by atoms with van der Waals surface area (Å²) in [6.45, 7) is 1.94. The number of hydrogen-bond donors (Lipinski definition) is 2. The summed E-state index contributed by atoms with van der Waals surface area (Å²) < 4.78 is 18.9. The molecular formula is C21H23FN2O. The van der Waals surface area contributed by atoms with Crippen LogP contribution >= 0.6 is 0 Å². The van der Waals surface area contributed by atoms with Crippen molar-refractivity contribution in [3.05, 3.63) is 65.6 Å². The van der Waals surface area contributed by atoms with Crippen molar-refractivity contribution in [3.8, 4) is 5.75 Å². The lowest BCUT2D eigenvalue weighted by atomic mass is 10.1. The summed E-state index contributed by atoms with van der Waals surface area (Å²) in [7, 11) is 1.71. The summed E-state index contributed by atoms with van der Waals surface area (Å²) in [4.78, 5) is 3.26. The molecule has 4 rings (SSSR count). The van der Waals surface area contributed by atoms with Gasteiger partial charge in [-0.25, -0.2) is 4.39 Å². The van der Waals surface area contributed by atoms with E-state index in [1.54, 1.807) is 13.2 Å². The summed E-state index contributed by atoms with van der Waals surface area (Å²) >= 11 is 0. The fourth-order valence-electron chi connectivity index (χ4n) is 3.70. The molecule has 0 amide bonds. The molecule has 1 aliphatic carbocycles. The van der Waals surface area contributed by atoms with Crippen LogP contribution in [0.1, 0.15) is 23.5 Å². The average molecular weight is 338 g/mol. The van der Waals surface area contributed by atoms with Gasteiger partial charge in [0.1, 0.15) is 11.6 Å². The van der Waals surface area contributed by atoms with E-state index in [1.807, 2.05) is 30.5 Å². The Morgan fingerprint density at radius 3 is 3.00 bits per heavy atom. The predicted octanol–water partition coefficient (Wildman–Crippen LogP) is 4.25. The van der Waals surface area contributed by atoms with Crippen LogP contribution < -0.4 is 10.1 Å². The Balaban J connectivity index is 1.30. The van der Waals surface area contributed by atoms with Gasteiger partial charge in [0.15, 0.2) is 0 Å². The number of nitrogens with one attached hydrogen (secondary N) is 2. The third kappa shape index (κ3) is 3.40. The molecule has 0 bridgehead atoms. The Hall–Kier alpha value is -2.33. The van der Waals surface area contributed by atoms with Crippen LogP contribution in [0.4, 0.5) is 4.39 Å². The van der Waals surface area contributed by atoms with E-state index in [2.05, 4.69) is 16.4 Å². The number of fused-ring (bicyclic) bond motifs is 1. The summed E-state index contributed by atoms with van der Waals surface area (Å²) in [5.41, 5.74) is 3.51. The van der Waals surface area contributed by atoms with Crippen molar-refractivity contribution in [3.63, 3.8) is 0 Å². The summed E-state index contributed by atoms with van der Waals surface area (Å²) in [5.74, 6) is 1.96. The first-order valence-electron chi connectivity index (χ1n) is 8.85. The van der Waals surface area contributed by atoms with Crippen molar-refractivity contribution in [2.45, 2.75) is 18.8 Å². The van der Waals surface area contributed by atoms with Crippen LogP contribution in [0.25, 0.3) is 10.9 Å². The maximum Gasteiger partial charge on any atom is 0.123 e. The van der Waals surface area contributed by atoms with Crippen LogP contribution in [0.3, 0.4) is 0 Å². The molecule has 1 aliphatic rings. The van der Waals surface area contributed by atoms with Crippen LogP contribution in [-0.4, -0.2) is 25.2 Å². The highest BCUT2D eigenvalue weighted by Crippen LogP contribution is 2.49. The number of H-pyrrole nitrogens is 1. The molecule has 1 fully saturated rings. The molecule has 2 aromatic carbocycles. The smallest absolute Gasteiger partial charge is 0.123 e. The topological polar surface area (TPSA) is 37.0 Å². The molecular weight excluding hydrogens is 315 g/mol. The summed E-state index contributed by atoms with van der Waals surface area (Å²) in [6.07, 6.45) is 4.18. The maximum atomic E-state index is 13.5. The van der Waals surface area contributed by atoms with Gasteiger partial charge in [-0.2, -0.15) is 0 Å². The SMILES string of the molecule is COc1ccccc1CCNCC1CC1c1c[nH]c2ccc(F)cc12.